The Bertz CT molecular complexity index is 434. The first-order valence-electron chi connectivity index (χ1n) is 6.76. The minimum atomic E-state index is -0.800. The molecule has 0 aromatic heterocycles. The summed E-state index contributed by atoms with van der Waals surface area (Å²) in [5.74, 6) is 0.644. The highest BCUT2D eigenvalue weighted by Crippen LogP contribution is 2.26. The van der Waals surface area contributed by atoms with Crippen LogP contribution in [0.5, 0.6) is 11.5 Å². The average Bonchev–Trinajstić information content (AvgIpc) is 2.44. The van der Waals surface area contributed by atoms with Gasteiger partial charge in [-0.1, -0.05) is 13.0 Å². The van der Waals surface area contributed by atoms with E-state index in [1.807, 2.05) is 18.2 Å². The lowest BCUT2D eigenvalue weighted by Crippen LogP contribution is -2.34. The summed E-state index contributed by atoms with van der Waals surface area (Å²) >= 11 is 0. The predicted molar refractivity (Wildman–Crippen MR) is 77.6 cm³/mol. The molecule has 112 valence electrons. The van der Waals surface area contributed by atoms with E-state index in [0.29, 0.717) is 6.42 Å². The van der Waals surface area contributed by atoms with E-state index in [0.717, 1.165) is 30.0 Å². The van der Waals surface area contributed by atoms with Crippen LogP contribution in [0.2, 0.25) is 0 Å². The summed E-state index contributed by atoms with van der Waals surface area (Å²) in [6, 6.07) is 5.48. The molecule has 0 aliphatic carbocycles. The van der Waals surface area contributed by atoms with Crippen LogP contribution in [0, 0.1) is 0 Å². The molecule has 0 heterocycles. The second-order valence-electron chi connectivity index (χ2n) is 4.63. The molecule has 5 heteroatoms. The number of ether oxygens (including phenoxy) is 2. The fraction of sp³-hybridized carbons (Fsp3) is 0.533. The van der Waals surface area contributed by atoms with Crippen molar-refractivity contribution >= 4 is 5.97 Å². The molecule has 0 bridgehead atoms. The molecular weight excluding hydrogens is 258 g/mol. The first-order chi connectivity index (χ1) is 9.60. The van der Waals surface area contributed by atoms with Gasteiger partial charge < -0.3 is 19.9 Å². The van der Waals surface area contributed by atoms with Gasteiger partial charge in [0.2, 0.25) is 0 Å². The normalized spacial score (nSPS) is 11.9. The average molecular weight is 281 g/mol. The molecule has 1 unspecified atom stereocenters. The molecule has 0 spiro atoms. The van der Waals surface area contributed by atoms with Gasteiger partial charge >= 0.3 is 5.97 Å². The molecule has 0 amide bonds. The van der Waals surface area contributed by atoms with Crippen molar-refractivity contribution in [3.05, 3.63) is 23.8 Å². The first kappa shape index (κ1) is 16.3. The third-order valence-corrected chi connectivity index (χ3v) is 3.06. The molecule has 1 atom stereocenters. The van der Waals surface area contributed by atoms with Gasteiger partial charge in [-0.2, -0.15) is 0 Å². The molecule has 1 aromatic rings. The van der Waals surface area contributed by atoms with Crippen LogP contribution in [-0.4, -0.2) is 37.9 Å². The Kier molecular flexibility index (Phi) is 6.87. The van der Waals surface area contributed by atoms with Gasteiger partial charge in [0.1, 0.15) is 11.5 Å². The highest BCUT2D eigenvalue weighted by Gasteiger charge is 2.16. The number of aliphatic carboxylic acids is 1. The van der Waals surface area contributed by atoms with Crippen LogP contribution in [0.15, 0.2) is 18.2 Å². The van der Waals surface area contributed by atoms with Crippen LogP contribution >= 0.6 is 0 Å². The van der Waals surface area contributed by atoms with Crippen molar-refractivity contribution in [2.24, 2.45) is 0 Å². The maximum absolute atomic E-state index is 10.9. The first-order valence-corrected chi connectivity index (χ1v) is 6.76. The predicted octanol–water partition coefficient (Wildman–Crippen LogP) is 2.09. The lowest BCUT2D eigenvalue weighted by Gasteiger charge is -2.18. The van der Waals surface area contributed by atoms with Crippen LogP contribution in [0.25, 0.3) is 0 Å². The van der Waals surface area contributed by atoms with Gasteiger partial charge in [0, 0.05) is 12.1 Å². The Morgan fingerprint density at radius 3 is 2.65 bits per heavy atom. The number of nitrogens with one attached hydrogen (secondary N) is 1. The van der Waals surface area contributed by atoms with Gasteiger partial charge in [-0.3, -0.25) is 4.79 Å². The number of carboxylic acid groups (broad SMARTS) is 1. The fourth-order valence-corrected chi connectivity index (χ4v) is 2.06. The number of rotatable bonds is 9. The highest BCUT2D eigenvalue weighted by molar-refractivity contribution is 5.67. The summed E-state index contributed by atoms with van der Waals surface area (Å²) in [5, 5.41) is 12.2. The summed E-state index contributed by atoms with van der Waals surface area (Å²) in [5.41, 5.74) is 0.975. The molecule has 0 saturated heterocycles. The molecular formula is C15H23NO4. The number of benzene rings is 1. The third kappa shape index (κ3) is 5.09. The third-order valence-electron chi connectivity index (χ3n) is 3.06. The van der Waals surface area contributed by atoms with Gasteiger partial charge in [-0.05, 0) is 31.0 Å². The summed E-state index contributed by atoms with van der Waals surface area (Å²) in [4.78, 5) is 10.9. The zero-order valence-electron chi connectivity index (χ0n) is 12.3. The molecule has 0 fully saturated rings. The van der Waals surface area contributed by atoms with E-state index in [1.165, 1.54) is 0 Å². The van der Waals surface area contributed by atoms with Crippen molar-refractivity contribution in [1.29, 1.82) is 0 Å². The Balaban J connectivity index is 2.83. The largest absolute Gasteiger partial charge is 0.497 e. The molecule has 20 heavy (non-hydrogen) atoms. The highest BCUT2D eigenvalue weighted by atomic mass is 16.5. The van der Waals surface area contributed by atoms with E-state index in [9.17, 15) is 4.79 Å². The zero-order chi connectivity index (χ0) is 15.0. The van der Waals surface area contributed by atoms with Crippen molar-refractivity contribution in [3.63, 3.8) is 0 Å². The van der Waals surface area contributed by atoms with Gasteiger partial charge in [0.15, 0.2) is 0 Å². The Morgan fingerprint density at radius 1 is 1.35 bits per heavy atom. The quantitative estimate of drug-likeness (QED) is 0.725. The van der Waals surface area contributed by atoms with Crippen molar-refractivity contribution in [1.82, 2.24) is 5.32 Å². The maximum atomic E-state index is 10.9. The second-order valence-corrected chi connectivity index (χ2v) is 4.63. The van der Waals surface area contributed by atoms with Crippen molar-refractivity contribution < 1.29 is 19.4 Å². The van der Waals surface area contributed by atoms with Gasteiger partial charge in [-0.15, -0.1) is 0 Å². The number of hydrogen-bond donors (Lipinski definition) is 2. The van der Waals surface area contributed by atoms with E-state index in [1.54, 1.807) is 14.2 Å². The number of hydrogen-bond acceptors (Lipinski definition) is 4. The van der Waals surface area contributed by atoms with Crippen LogP contribution in [-0.2, 0) is 11.2 Å². The van der Waals surface area contributed by atoms with E-state index in [4.69, 9.17) is 14.6 Å². The van der Waals surface area contributed by atoms with Crippen molar-refractivity contribution in [2.75, 3.05) is 20.8 Å². The maximum Gasteiger partial charge on any atom is 0.304 e. The van der Waals surface area contributed by atoms with Crippen LogP contribution in [0.4, 0.5) is 0 Å². The molecule has 5 nitrogen and oxygen atoms in total. The van der Waals surface area contributed by atoms with Crippen LogP contribution < -0.4 is 14.8 Å². The Morgan fingerprint density at radius 2 is 2.10 bits per heavy atom. The molecule has 0 saturated carbocycles. The van der Waals surface area contributed by atoms with E-state index >= 15 is 0 Å². The molecule has 1 rings (SSSR count). The van der Waals surface area contributed by atoms with E-state index in [2.05, 4.69) is 12.2 Å². The lowest BCUT2D eigenvalue weighted by molar-refractivity contribution is -0.137. The van der Waals surface area contributed by atoms with E-state index in [-0.39, 0.29) is 12.5 Å². The van der Waals surface area contributed by atoms with Crippen LogP contribution in [0.1, 0.15) is 25.3 Å². The number of methoxy groups -OCH3 is 2. The molecule has 1 aromatic carbocycles. The summed E-state index contributed by atoms with van der Waals surface area (Å²) in [6.07, 6.45) is 1.67. The molecule has 0 aliphatic heterocycles. The molecule has 0 aliphatic rings. The number of carboxylic acids is 1. The minimum absolute atomic E-state index is 0.0924. The summed E-state index contributed by atoms with van der Waals surface area (Å²) < 4.78 is 10.5. The standard InChI is InChI=1S/C15H23NO4/c1-4-7-16-12(9-15(17)18)8-11-5-6-13(19-2)10-14(11)20-3/h5-6,10,12,16H,4,7-9H2,1-3H3,(H,17,18). The van der Waals surface area contributed by atoms with E-state index < -0.39 is 5.97 Å². The summed E-state index contributed by atoms with van der Waals surface area (Å²) in [6.45, 7) is 2.86. The molecule has 2 N–H and O–H groups in total. The minimum Gasteiger partial charge on any atom is -0.497 e. The van der Waals surface area contributed by atoms with Crippen molar-refractivity contribution in [2.45, 2.75) is 32.2 Å². The second kappa shape index (κ2) is 8.43. The zero-order valence-corrected chi connectivity index (χ0v) is 12.3. The van der Waals surface area contributed by atoms with Crippen molar-refractivity contribution in [3.8, 4) is 11.5 Å². The topological polar surface area (TPSA) is 67.8 Å². The lowest BCUT2D eigenvalue weighted by atomic mass is 10.0. The Hall–Kier alpha value is -1.75. The fourth-order valence-electron chi connectivity index (χ4n) is 2.06. The van der Waals surface area contributed by atoms with Crippen LogP contribution in [0.3, 0.4) is 0 Å². The number of carbonyl (C=O) groups is 1. The smallest absolute Gasteiger partial charge is 0.304 e. The van der Waals surface area contributed by atoms with Gasteiger partial charge in [0.25, 0.3) is 0 Å². The summed E-state index contributed by atoms with van der Waals surface area (Å²) in [7, 11) is 3.20. The Labute approximate surface area is 119 Å². The van der Waals surface area contributed by atoms with Gasteiger partial charge in [-0.25, -0.2) is 0 Å². The van der Waals surface area contributed by atoms with Gasteiger partial charge in [0.05, 0.1) is 20.6 Å². The molecule has 0 radical (unpaired) electrons. The SMILES string of the molecule is CCCNC(CC(=O)O)Cc1ccc(OC)cc1OC. The monoisotopic (exact) mass is 281 g/mol.